The van der Waals surface area contributed by atoms with Crippen LogP contribution >= 0.6 is 23.2 Å². The Balaban J connectivity index is 1.56. The molecule has 0 unspecified atom stereocenters. The summed E-state index contributed by atoms with van der Waals surface area (Å²) in [7, 11) is 3.95. The summed E-state index contributed by atoms with van der Waals surface area (Å²) in [5, 5.41) is 1.28. The Kier molecular flexibility index (Phi) is 6.57. The van der Waals surface area contributed by atoms with Gasteiger partial charge in [-0.05, 0) is 65.7 Å². The minimum Gasteiger partial charge on any atom is -0.484 e. The van der Waals surface area contributed by atoms with Crippen molar-refractivity contribution in [1.82, 2.24) is 19.5 Å². The highest BCUT2D eigenvalue weighted by atomic mass is 35.5. The monoisotopic (exact) mass is 503 g/mol. The number of halogens is 2. The lowest BCUT2D eigenvalue weighted by molar-refractivity contribution is 0.290. The first-order chi connectivity index (χ1) is 17.0. The molecule has 6 nitrogen and oxygen atoms in total. The van der Waals surface area contributed by atoms with E-state index in [1.165, 1.54) is 0 Å². The van der Waals surface area contributed by atoms with Crippen molar-refractivity contribution in [3.8, 4) is 16.9 Å². The zero-order valence-corrected chi connectivity index (χ0v) is 20.8. The molecule has 5 aromatic rings. The van der Waals surface area contributed by atoms with Crippen LogP contribution in [0.2, 0.25) is 10.0 Å². The second-order valence-corrected chi connectivity index (χ2v) is 9.17. The lowest BCUT2D eigenvalue weighted by Crippen LogP contribution is -2.10. The molecule has 8 heteroatoms. The normalized spacial score (nSPS) is 11.1. The number of imidazole rings is 1. The molecule has 2 aromatic carbocycles. The van der Waals surface area contributed by atoms with Crippen LogP contribution in [0.25, 0.3) is 22.2 Å². The van der Waals surface area contributed by atoms with Crippen molar-refractivity contribution in [1.29, 1.82) is 0 Å². The van der Waals surface area contributed by atoms with Crippen molar-refractivity contribution in [2.75, 3.05) is 19.0 Å². The summed E-state index contributed by atoms with van der Waals surface area (Å²) in [6, 6.07) is 19.5. The smallest absolute Gasteiger partial charge is 0.148 e. The van der Waals surface area contributed by atoms with E-state index in [0.29, 0.717) is 22.3 Å². The van der Waals surface area contributed by atoms with Crippen molar-refractivity contribution in [2.45, 2.75) is 13.2 Å². The second kappa shape index (κ2) is 9.94. The lowest BCUT2D eigenvalue weighted by atomic mass is 10.1. The number of nitrogens with zero attached hydrogens (tertiary/aromatic N) is 5. The van der Waals surface area contributed by atoms with Gasteiger partial charge in [-0.2, -0.15) is 0 Å². The summed E-state index contributed by atoms with van der Waals surface area (Å²) in [6.45, 7) is 0.788. The largest absolute Gasteiger partial charge is 0.484 e. The van der Waals surface area contributed by atoms with Crippen molar-refractivity contribution in [2.24, 2.45) is 0 Å². The van der Waals surface area contributed by atoms with Crippen LogP contribution in [-0.4, -0.2) is 33.6 Å². The summed E-state index contributed by atoms with van der Waals surface area (Å²) < 4.78 is 8.10. The standard InChI is InChI=1S/C27H23Cl2N5O/c1-33(2)26-10-6-19(14-31-26)18-5-9-24-25(13-18)34(16-20-12-21(28)7-8-23(20)29)27(32-24)17-35-22-4-3-11-30-15-22/h3-15H,16-17H2,1-2H3. The first-order valence-electron chi connectivity index (χ1n) is 11.1. The fourth-order valence-electron chi connectivity index (χ4n) is 3.88. The Morgan fingerprint density at radius 2 is 1.80 bits per heavy atom. The number of hydrogen-bond donors (Lipinski definition) is 0. The molecule has 0 radical (unpaired) electrons. The summed E-state index contributed by atoms with van der Waals surface area (Å²) in [6.07, 6.45) is 5.28. The van der Waals surface area contributed by atoms with Crippen LogP contribution in [0.4, 0.5) is 5.82 Å². The van der Waals surface area contributed by atoms with Crippen LogP contribution in [-0.2, 0) is 13.2 Å². The predicted octanol–water partition coefficient (Wildman–Crippen LogP) is 6.49. The number of fused-ring (bicyclic) bond motifs is 1. The molecule has 0 bridgehead atoms. The minimum atomic E-state index is 0.285. The average Bonchev–Trinajstić information content (AvgIpc) is 3.22. The van der Waals surface area contributed by atoms with Crippen LogP contribution in [0.3, 0.4) is 0 Å². The third kappa shape index (κ3) is 5.09. The van der Waals surface area contributed by atoms with Gasteiger partial charge in [0, 0.05) is 42.1 Å². The van der Waals surface area contributed by atoms with Crippen LogP contribution in [0, 0.1) is 0 Å². The van der Waals surface area contributed by atoms with Crippen LogP contribution in [0.15, 0.2) is 79.3 Å². The van der Waals surface area contributed by atoms with Gasteiger partial charge >= 0.3 is 0 Å². The van der Waals surface area contributed by atoms with Crippen molar-refractivity contribution >= 4 is 40.1 Å². The third-order valence-corrected chi connectivity index (χ3v) is 6.31. The molecular formula is C27H23Cl2N5O. The van der Waals surface area contributed by atoms with E-state index < -0.39 is 0 Å². The molecule has 0 aliphatic rings. The van der Waals surface area contributed by atoms with Crippen molar-refractivity contribution in [3.05, 3.63) is 101 Å². The van der Waals surface area contributed by atoms with Gasteiger partial charge in [0.15, 0.2) is 0 Å². The molecule has 0 amide bonds. The molecule has 0 atom stereocenters. The number of anilines is 1. The molecule has 0 aliphatic heterocycles. The van der Waals surface area contributed by atoms with Gasteiger partial charge in [-0.15, -0.1) is 0 Å². The number of hydrogen-bond acceptors (Lipinski definition) is 5. The van der Waals surface area contributed by atoms with Gasteiger partial charge in [-0.25, -0.2) is 9.97 Å². The van der Waals surface area contributed by atoms with E-state index in [4.69, 9.17) is 32.9 Å². The molecule has 0 saturated carbocycles. The van der Waals surface area contributed by atoms with Crippen LogP contribution in [0.5, 0.6) is 5.75 Å². The van der Waals surface area contributed by atoms with E-state index in [-0.39, 0.29) is 6.61 Å². The summed E-state index contributed by atoms with van der Waals surface area (Å²) in [5.74, 6) is 2.36. The van der Waals surface area contributed by atoms with Crippen molar-refractivity contribution < 1.29 is 4.74 Å². The lowest BCUT2D eigenvalue weighted by Gasteiger charge is -2.13. The van der Waals surface area contributed by atoms with Crippen LogP contribution < -0.4 is 9.64 Å². The fourth-order valence-corrected chi connectivity index (χ4v) is 4.25. The van der Waals surface area contributed by atoms with Crippen LogP contribution in [0.1, 0.15) is 11.4 Å². The van der Waals surface area contributed by atoms with Gasteiger partial charge in [0.1, 0.15) is 24.0 Å². The highest BCUT2D eigenvalue weighted by Crippen LogP contribution is 2.29. The molecule has 176 valence electrons. The third-order valence-electron chi connectivity index (χ3n) is 5.71. The molecule has 0 saturated heterocycles. The van der Waals surface area contributed by atoms with E-state index >= 15 is 0 Å². The maximum Gasteiger partial charge on any atom is 0.148 e. The van der Waals surface area contributed by atoms with Gasteiger partial charge in [0.2, 0.25) is 0 Å². The van der Waals surface area contributed by atoms with Gasteiger partial charge < -0.3 is 14.2 Å². The minimum absolute atomic E-state index is 0.285. The Morgan fingerprint density at radius 1 is 0.943 bits per heavy atom. The van der Waals surface area contributed by atoms with Gasteiger partial charge in [0.25, 0.3) is 0 Å². The topological polar surface area (TPSA) is 56.1 Å². The van der Waals surface area contributed by atoms with E-state index in [9.17, 15) is 0 Å². The zero-order valence-electron chi connectivity index (χ0n) is 19.3. The first kappa shape index (κ1) is 23.1. The fraction of sp³-hybridized carbons (Fsp3) is 0.148. The number of rotatable bonds is 7. The average molecular weight is 504 g/mol. The Hall–Kier alpha value is -3.61. The number of benzene rings is 2. The summed E-state index contributed by atoms with van der Waals surface area (Å²) in [5.41, 5.74) is 4.82. The number of aromatic nitrogens is 4. The molecule has 3 aromatic heterocycles. The zero-order chi connectivity index (χ0) is 24.4. The highest BCUT2D eigenvalue weighted by molar-refractivity contribution is 6.33. The number of pyridine rings is 2. The Bertz CT molecular complexity index is 1470. The summed E-state index contributed by atoms with van der Waals surface area (Å²) in [4.78, 5) is 15.5. The molecule has 35 heavy (non-hydrogen) atoms. The van der Waals surface area contributed by atoms with Gasteiger partial charge in [0.05, 0.1) is 23.8 Å². The Morgan fingerprint density at radius 3 is 2.54 bits per heavy atom. The SMILES string of the molecule is CN(C)c1ccc(-c2ccc3nc(COc4cccnc4)n(Cc4cc(Cl)ccc4Cl)c3c2)cn1. The quantitative estimate of drug-likeness (QED) is 0.254. The van der Waals surface area contributed by atoms with E-state index in [2.05, 4.69) is 32.7 Å². The predicted molar refractivity (Wildman–Crippen MR) is 141 cm³/mol. The maximum absolute atomic E-state index is 6.51. The molecule has 3 heterocycles. The maximum atomic E-state index is 6.51. The van der Waals surface area contributed by atoms with Gasteiger partial charge in [-0.1, -0.05) is 29.3 Å². The van der Waals surface area contributed by atoms with Gasteiger partial charge in [-0.3, -0.25) is 4.98 Å². The summed E-state index contributed by atoms with van der Waals surface area (Å²) >= 11 is 12.8. The molecule has 0 N–H and O–H groups in total. The molecular weight excluding hydrogens is 481 g/mol. The van der Waals surface area contributed by atoms with E-state index in [0.717, 1.165) is 39.4 Å². The highest BCUT2D eigenvalue weighted by Gasteiger charge is 2.15. The molecule has 0 aliphatic carbocycles. The Labute approximate surface area is 213 Å². The van der Waals surface area contributed by atoms with E-state index in [1.807, 2.05) is 61.6 Å². The molecule has 0 fully saturated rings. The first-order valence-corrected chi connectivity index (χ1v) is 11.8. The number of ether oxygens (including phenoxy) is 1. The second-order valence-electron chi connectivity index (χ2n) is 8.33. The molecule has 5 rings (SSSR count). The molecule has 0 spiro atoms. The van der Waals surface area contributed by atoms with Crippen molar-refractivity contribution in [3.63, 3.8) is 0 Å². The van der Waals surface area contributed by atoms with E-state index in [1.54, 1.807) is 18.5 Å².